The van der Waals surface area contributed by atoms with Crippen molar-refractivity contribution in [3.05, 3.63) is 64.4 Å². The fourth-order valence-corrected chi connectivity index (χ4v) is 3.37. The van der Waals surface area contributed by atoms with Crippen LogP contribution in [-0.4, -0.2) is 49.6 Å². The van der Waals surface area contributed by atoms with Gasteiger partial charge in [-0.2, -0.15) is 5.26 Å². The molecule has 0 aliphatic carbocycles. The van der Waals surface area contributed by atoms with Crippen molar-refractivity contribution in [3.63, 3.8) is 0 Å². The standard InChI is InChI=1S/C21H20ClFN4O3/c22-16-4-1-15(12-24)18(11-16)26-21(29)20(28)25-13-19(27-7-9-30-10-8-27)14-2-5-17(23)6-3-14/h1-6,11,19H,7-10,13H2,(H,25,28)(H,26,29)/t19-/m1/s1. The number of morpholine rings is 1. The molecule has 1 aliphatic rings. The first-order valence-corrected chi connectivity index (χ1v) is 9.72. The van der Waals surface area contributed by atoms with Gasteiger partial charge in [-0.15, -0.1) is 0 Å². The summed E-state index contributed by atoms with van der Waals surface area (Å²) in [6.07, 6.45) is 0. The van der Waals surface area contributed by atoms with Crippen molar-refractivity contribution in [3.8, 4) is 6.07 Å². The van der Waals surface area contributed by atoms with E-state index in [2.05, 4.69) is 15.5 Å². The molecule has 1 atom stereocenters. The van der Waals surface area contributed by atoms with Crippen LogP contribution >= 0.6 is 11.6 Å². The molecule has 156 valence electrons. The zero-order chi connectivity index (χ0) is 21.5. The van der Waals surface area contributed by atoms with Gasteiger partial charge in [-0.3, -0.25) is 14.5 Å². The Balaban J connectivity index is 1.68. The minimum atomic E-state index is -0.909. The topological polar surface area (TPSA) is 94.5 Å². The number of carbonyl (C=O) groups excluding carboxylic acids is 2. The highest BCUT2D eigenvalue weighted by Crippen LogP contribution is 2.22. The zero-order valence-corrected chi connectivity index (χ0v) is 16.8. The zero-order valence-electron chi connectivity index (χ0n) is 16.0. The Bertz CT molecular complexity index is 956. The van der Waals surface area contributed by atoms with Gasteiger partial charge in [0.05, 0.1) is 30.5 Å². The van der Waals surface area contributed by atoms with E-state index >= 15 is 0 Å². The van der Waals surface area contributed by atoms with E-state index < -0.39 is 11.8 Å². The van der Waals surface area contributed by atoms with E-state index in [0.717, 1.165) is 5.56 Å². The van der Waals surface area contributed by atoms with Crippen LogP contribution in [0, 0.1) is 17.1 Å². The van der Waals surface area contributed by atoms with Crippen LogP contribution in [-0.2, 0) is 14.3 Å². The Morgan fingerprint density at radius 3 is 2.53 bits per heavy atom. The number of carbonyl (C=O) groups is 2. The van der Waals surface area contributed by atoms with E-state index in [0.29, 0.717) is 31.3 Å². The molecule has 0 aromatic heterocycles. The summed E-state index contributed by atoms with van der Waals surface area (Å²) >= 11 is 5.90. The van der Waals surface area contributed by atoms with Crippen LogP contribution in [0.1, 0.15) is 17.2 Å². The highest BCUT2D eigenvalue weighted by atomic mass is 35.5. The molecule has 0 radical (unpaired) electrons. The van der Waals surface area contributed by atoms with Crippen LogP contribution < -0.4 is 10.6 Å². The molecule has 1 saturated heterocycles. The normalized spacial score (nSPS) is 15.1. The molecule has 2 N–H and O–H groups in total. The second kappa shape index (κ2) is 10.2. The number of nitrogens with one attached hydrogen (secondary N) is 2. The van der Waals surface area contributed by atoms with Gasteiger partial charge in [0.25, 0.3) is 0 Å². The Kier molecular flexibility index (Phi) is 7.36. The minimum Gasteiger partial charge on any atom is -0.379 e. The SMILES string of the molecule is N#Cc1ccc(Cl)cc1NC(=O)C(=O)NC[C@H](c1ccc(F)cc1)N1CCOCC1. The van der Waals surface area contributed by atoms with Crippen LogP contribution in [0.15, 0.2) is 42.5 Å². The maximum atomic E-state index is 13.3. The number of hydrogen-bond donors (Lipinski definition) is 2. The number of ether oxygens (including phenoxy) is 1. The van der Waals surface area contributed by atoms with Crippen LogP contribution in [0.3, 0.4) is 0 Å². The summed E-state index contributed by atoms with van der Waals surface area (Å²) in [6.45, 7) is 2.56. The van der Waals surface area contributed by atoms with Gasteiger partial charge in [-0.1, -0.05) is 23.7 Å². The number of hydrogen-bond acceptors (Lipinski definition) is 5. The van der Waals surface area contributed by atoms with E-state index in [-0.39, 0.29) is 29.7 Å². The molecule has 0 bridgehead atoms. The molecule has 3 rings (SSSR count). The molecule has 1 aliphatic heterocycles. The molecule has 2 aromatic rings. The van der Waals surface area contributed by atoms with E-state index in [1.807, 2.05) is 6.07 Å². The molecule has 0 spiro atoms. The Hall–Kier alpha value is -2.99. The van der Waals surface area contributed by atoms with Crippen molar-refractivity contribution in [1.29, 1.82) is 5.26 Å². The lowest BCUT2D eigenvalue weighted by atomic mass is 10.0. The van der Waals surface area contributed by atoms with Crippen molar-refractivity contribution in [2.24, 2.45) is 0 Å². The van der Waals surface area contributed by atoms with E-state index in [9.17, 15) is 14.0 Å². The summed E-state index contributed by atoms with van der Waals surface area (Å²) in [7, 11) is 0. The largest absolute Gasteiger partial charge is 0.379 e. The molecular formula is C21H20ClFN4O3. The van der Waals surface area contributed by atoms with Crippen molar-refractivity contribution in [2.75, 3.05) is 38.2 Å². The summed E-state index contributed by atoms with van der Waals surface area (Å²) in [5.74, 6) is -2.11. The number of benzene rings is 2. The molecule has 0 unspecified atom stereocenters. The second-order valence-electron chi connectivity index (χ2n) is 6.68. The lowest BCUT2D eigenvalue weighted by molar-refractivity contribution is -0.136. The monoisotopic (exact) mass is 430 g/mol. The van der Waals surface area contributed by atoms with E-state index in [1.165, 1.54) is 30.3 Å². The van der Waals surface area contributed by atoms with Gasteiger partial charge in [0, 0.05) is 24.7 Å². The average molecular weight is 431 g/mol. The van der Waals surface area contributed by atoms with Gasteiger partial charge in [0.2, 0.25) is 0 Å². The minimum absolute atomic E-state index is 0.151. The fraction of sp³-hybridized carbons (Fsp3) is 0.286. The Labute approximate surface area is 178 Å². The molecule has 7 nitrogen and oxygen atoms in total. The Morgan fingerprint density at radius 2 is 1.87 bits per heavy atom. The lowest BCUT2D eigenvalue weighted by Gasteiger charge is -2.34. The molecule has 30 heavy (non-hydrogen) atoms. The molecule has 9 heteroatoms. The number of nitriles is 1. The summed E-state index contributed by atoms with van der Waals surface area (Å²) in [5, 5.41) is 14.5. The third-order valence-corrected chi connectivity index (χ3v) is 4.99. The maximum absolute atomic E-state index is 13.3. The van der Waals surface area contributed by atoms with Crippen LogP contribution in [0.4, 0.5) is 10.1 Å². The molecule has 1 fully saturated rings. The van der Waals surface area contributed by atoms with Gasteiger partial charge in [0.15, 0.2) is 0 Å². The summed E-state index contributed by atoms with van der Waals surface area (Å²) in [4.78, 5) is 26.8. The predicted molar refractivity (Wildman–Crippen MR) is 109 cm³/mol. The predicted octanol–water partition coefficient (Wildman–Crippen LogP) is 2.48. The van der Waals surface area contributed by atoms with Gasteiger partial charge < -0.3 is 15.4 Å². The van der Waals surface area contributed by atoms with E-state index in [4.69, 9.17) is 21.6 Å². The summed E-state index contributed by atoms with van der Waals surface area (Å²) in [6, 6.07) is 12.1. The highest BCUT2D eigenvalue weighted by molar-refractivity contribution is 6.40. The van der Waals surface area contributed by atoms with Gasteiger partial charge in [-0.05, 0) is 35.9 Å². The van der Waals surface area contributed by atoms with Crippen LogP contribution in [0.25, 0.3) is 0 Å². The fourth-order valence-electron chi connectivity index (χ4n) is 3.20. The van der Waals surface area contributed by atoms with Crippen LogP contribution in [0.2, 0.25) is 5.02 Å². The number of halogens is 2. The van der Waals surface area contributed by atoms with Gasteiger partial charge >= 0.3 is 11.8 Å². The van der Waals surface area contributed by atoms with Gasteiger partial charge in [-0.25, -0.2) is 4.39 Å². The third-order valence-electron chi connectivity index (χ3n) is 4.75. The van der Waals surface area contributed by atoms with Gasteiger partial charge in [0.1, 0.15) is 11.9 Å². The van der Waals surface area contributed by atoms with Crippen molar-refractivity contribution < 1.29 is 18.7 Å². The molecule has 2 aromatic carbocycles. The number of anilines is 1. The quantitative estimate of drug-likeness (QED) is 0.711. The van der Waals surface area contributed by atoms with Crippen molar-refractivity contribution >= 4 is 29.1 Å². The van der Waals surface area contributed by atoms with Crippen LogP contribution in [0.5, 0.6) is 0 Å². The smallest absolute Gasteiger partial charge is 0.313 e. The highest BCUT2D eigenvalue weighted by Gasteiger charge is 2.25. The number of rotatable bonds is 5. The summed E-state index contributed by atoms with van der Waals surface area (Å²) < 4.78 is 18.7. The van der Waals surface area contributed by atoms with Crippen molar-refractivity contribution in [2.45, 2.75) is 6.04 Å². The molecular weight excluding hydrogens is 411 g/mol. The number of amides is 2. The lowest BCUT2D eigenvalue weighted by Crippen LogP contribution is -2.45. The third kappa shape index (κ3) is 5.54. The molecule has 1 heterocycles. The first kappa shape index (κ1) is 21.7. The first-order valence-electron chi connectivity index (χ1n) is 9.34. The average Bonchev–Trinajstić information content (AvgIpc) is 2.76. The number of nitrogens with zero attached hydrogens (tertiary/aromatic N) is 2. The second-order valence-corrected chi connectivity index (χ2v) is 7.12. The Morgan fingerprint density at radius 1 is 1.17 bits per heavy atom. The molecule has 2 amide bonds. The maximum Gasteiger partial charge on any atom is 0.313 e. The first-order chi connectivity index (χ1) is 14.5. The molecule has 0 saturated carbocycles. The summed E-state index contributed by atoms with van der Waals surface area (Å²) in [5.41, 5.74) is 1.17. The van der Waals surface area contributed by atoms with E-state index in [1.54, 1.807) is 12.1 Å². The van der Waals surface area contributed by atoms with Crippen molar-refractivity contribution in [1.82, 2.24) is 10.2 Å².